The maximum atomic E-state index is 12.5. The highest BCUT2D eigenvalue weighted by molar-refractivity contribution is 7.89. The van der Waals surface area contributed by atoms with Crippen LogP contribution in [0.1, 0.15) is 25.3 Å². The summed E-state index contributed by atoms with van der Waals surface area (Å²) >= 11 is 0. The Hall–Kier alpha value is -1.90. The molecule has 2 aliphatic heterocycles. The summed E-state index contributed by atoms with van der Waals surface area (Å²) in [4.78, 5) is 2.75. The molecule has 8 heteroatoms. The first-order valence-corrected chi connectivity index (χ1v) is 10.6. The van der Waals surface area contributed by atoms with Crippen LogP contribution in [0.5, 0.6) is 0 Å². The van der Waals surface area contributed by atoms with Gasteiger partial charge in [-0.1, -0.05) is 12.1 Å². The minimum Gasteiger partial charge on any atom is -0.368 e. The Bertz CT molecular complexity index is 871. The molecule has 0 radical (unpaired) electrons. The van der Waals surface area contributed by atoms with E-state index in [0.717, 1.165) is 39.0 Å². The van der Waals surface area contributed by atoms with Crippen LogP contribution in [0.2, 0.25) is 0 Å². The lowest BCUT2D eigenvalue weighted by Gasteiger charge is -2.38. The number of benzene rings is 1. The highest BCUT2D eigenvalue weighted by Gasteiger charge is 2.35. The first-order chi connectivity index (χ1) is 12.5. The van der Waals surface area contributed by atoms with Crippen molar-refractivity contribution in [3.63, 3.8) is 0 Å². The molecule has 0 saturated carbocycles. The third-order valence-corrected chi connectivity index (χ3v) is 6.79. The Morgan fingerprint density at radius 2 is 2.00 bits per heavy atom. The number of rotatable bonds is 4. The molecule has 7 nitrogen and oxygen atoms in total. The van der Waals surface area contributed by atoms with E-state index in [0.29, 0.717) is 10.6 Å². The normalized spacial score (nSPS) is 23.3. The Balaban J connectivity index is 1.38. The van der Waals surface area contributed by atoms with E-state index in [-0.39, 0.29) is 12.1 Å². The Labute approximate surface area is 154 Å². The molecule has 2 aliphatic rings. The minimum atomic E-state index is -3.44. The van der Waals surface area contributed by atoms with E-state index in [9.17, 15) is 8.42 Å². The molecule has 2 aromatic rings. The average Bonchev–Trinajstić information content (AvgIpc) is 3.09. The fourth-order valence-corrected chi connectivity index (χ4v) is 5.21. The van der Waals surface area contributed by atoms with Crippen molar-refractivity contribution in [2.75, 3.05) is 18.4 Å². The summed E-state index contributed by atoms with van der Waals surface area (Å²) < 4.78 is 29.8. The molecule has 0 amide bonds. The van der Waals surface area contributed by atoms with Gasteiger partial charge in [-0.3, -0.25) is 9.58 Å². The van der Waals surface area contributed by atoms with E-state index in [1.807, 2.05) is 23.0 Å². The van der Waals surface area contributed by atoms with Crippen molar-refractivity contribution >= 4 is 15.7 Å². The maximum absolute atomic E-state index is 12.5. The Kier molecular flexibility index (Phi) is 4.73. The first-order valence-electron chi connectivity index (χ1n) is 9.17. The lowest BCUT2D eigenvalue weighted by Crippen LogP contribution is -2.51. The van der Waals surface area contributed by atoms with Crippen molar-refractivity contribution in [2.45, 2.75) is 43.9 Å². The number of hydrogen-bond donors (Lipinski definition) is 2. The molecule has 1 aromatic carbocycles. The number of hydrogen-bond acceptors (Lipinski definition) is 5. The van der Waals surface area contributed by atoms with Gasteiger partial charge in [0.1, 0.15) is 4.90 Å². The molecular formula is C18H25N5O2S. The highest BCUT2D eigenvalue weighted by Crippen LogP contribution is 2.30. The summed E-state index contributed by atoms with van der Waals surface area (Å²) in [5.74, 6) is 0.285. The van der Waals surface area contributed by atoms with Gasteiger partial charge in [-0.25, -0.2) is 8.42 Å². The molecule has 0 bridgehead atoms. The Morgan fingerprint density at radius 3 is 2.73 bits per heavy atom. The lowest BCUT2D eigenvalue weighted by atomic mass is 9.93. The lowest BCUT2D eigenvalue weighted by molar-refractivity contribution is 0.163. The fraction of sp³-hybridized carbons (Fsp3) is 0.500. The second-order valence-corrected chi connectivity index (χ2v) is 8.74. The van der Waals surface area contributed by atoms with Crippen LogP contribution >= 0.6 is 0 Å². The number of nitrogens with zero attached hydrogens (tertiary/aromatic N) is 3. The zero-order valence-corrected chi connectivity index (χ0v) is 15.7. The molecule has 3 heterocycles. The van der Waals surface area contributed by atoms with Gasteiger partial charge in [0.15, 0.2) is 0 Å². The van der Waals surface area contributed by atoms with Crippen molar-refractivity contribution in [3.05, 3.63) is 42.2 Å². The molecule has 4 rings (SSSR count). The summed E-state index contributed by atoms with van der Waals surface area (Å²) in [5, 5.41) is 7.70. The zero-order chi connectivity index (χ0) is 18.1. The van der Waals surface area contributed by atoms with Crippen LogP contribution in [0.15, 0.2) is 41.6 Å². The molecule has 2 N–H and O–H groups in total. The van der Waals surface area contributed by atoms with Crippen LogP contribution < -0.4 is 10.0 Å². The topological polar surface area (TPSA) is 79.3 Å². The van der Waals surface area contributed by atoms with Gasteiger partial charge in [-0.15, -0.1) is 0 Å². The third-order valence-electron chi connectivity index (χ3n) is 5.29. The second kappa shape index (κ2) is 7.02. The van der Waals surface area contributed by atoms with E-state index in [4.69, 9.17) is 0 Å². The predicted molar refractivity (Wildman–Crippen MR) is 100 cm³/mol. The number of likely N-dealkylation sites (tertiary alicyclic amines) is 1. The van der Waals surface area contributed by atoms with Gasteiger partial charge < -0.3 is 5.32 Å². The van der Waals surface area contributed by atoms with Gasteiger partial charge in [0.2, 0.25) is 10.0 Å². The van der Waals surface area contributed by atoms with Crippen LogP contribution in [-0.4, -0.2) is 42.4 Å². The van der Waals surface area contributed by atoms with Gasteiger partial charge in [-0.05, 0) is 50.9 Å². The standard InChI is InChI=1S/C18H25N5O2S/c1-2-23-13-14(11-19-23)12-22-9-7-15(8-10-22)18-20-16-5-3-4-6-17(16)26(24,25)21-18/h3-6,11,13,15,18,20-21H,2,7-10,12H2,1H3. The molecule has 0 spiro atoms. The predicted octanol–water partition coefficient (Wildman–Crippen LogP) is 1.85. The Morgan fingerprint density at radius 1 is 1.23 bits per heavy atom. The molecular weight excluding hydrogens is 350 g/mol. The number of fused-ring (bicyclic) bond motifs is 1. The summed E-state index contributed by atoms with van der Waals surface area (Å²) in [6, 6.07) is 7.09. The number of piperidine rings is 1. The first kappa shape index (κ1) is 17.5. The van der Waals surface area contributed by atoms with Crippen LogP contribution in [0.4, 0.5) is 5.69 Å². The monoisotopic (exact) mass is 375 g/mol. The quantitative estimate of drug-likeness (QED) is 0.853. The SMILES string of the molecule is CCn1cc(CN2CCC(C3Nc4ccccc4S(=O)(=O)N3)CC2)cn1. The van der Waals surface area contributed by atoms with Gasteiger partial charge in [0, 0.05) is 24.8 Å². The number of aromatic nitrogens is 2. The largest absolute Gasteiger partial charge is 0.368 e. The smallest absolute Gasteiger partial charge is 0.244 e. The zero-order valence-electron chi connectivity index (χ0n) is 14.9. The second-order valence-electron chi connectivity index (χ2n) is 7.06. The van der Waals surface area contributed by atoms with Crippen LogP contribution in [-0.2, 0) is 23.1 Å². The summed E-state index contributed by atoms with van der Waals surface area (Å²) in [7, 11) is -3.44. The van der Waals surface area contributed by atoms with Crippen LogP contribution in [0, 0.1) is 5.92 Å². The van der Waals surface area contributed by atoms with Crippen LogP contribution in [0.3, 0.4) is 0 Å². The molecule has 0 aliphatic carbocycles. The molecule has 1 unspecified atom stereocenters. The maximum Gasteiger partial charge on any atom is 0.244 e. The van der Waals surface area contributed by atoms with Crippen LogP contribution in [0.25, 0.3) is 0 Å². The molecule has 1 saturated heterocycles. The average molecular weight is 375 g/mol. The van der Waals surface area contributed by atoms with E-state index in [1.165, 1.54) is 5.56 Å². The highest BCUT2D eigenvalue weighted by atomic mass is 32.2. The van der Waals surface area contributed by atoms with Gasteiger partial charge in [0.05, 0.1) is 18.1 Å². The number of nitrogens with one attached hydrogen (secondary N) is 2. The van der Waals surface area contributed by atoms with E-state index in [2.05, 4.69) is 33.2 Å². The molecule has 1 atom stereocenters. The molecule has 26 heavy (non-hydrogen) atoms. The van der Waals surface area contributed by atoms with Crippen molar-refractivity contribution in [1.29, 1.82) is 0 Å². The number of anilines is 1. The van der Waals surface area contributed by atoms with E-state index >= 15 is 0 Å². The van der Waals surface area contributed by atoms with Gasteiger partial charge >= 0.3 is 0 Å². The van der Waals surface area contributed by atoms with Crippen molar-refractivity contribution in [3.8, 4) is 0 Å². The summed E-state index contributed by atoms with van der Waals surface area (Å²) in [6.07, 6.45) is 5.72. The summed E-state index contributed by atoms with van der Waals surface area (Å²) in [5.41, 5.74) is 1.93. The van der Waals surface area contributed by atoms with Gasteiger partial charge in [0.25, 0.3) is 0 Å². The minimum absolute atomic E-state index is 0.236. The number of para-hydroxylation sites is 1. The van der Waals surface area contributed by atoms with E-state index < -0.39 is 10.0 Å². The van der Waals surface area contributed by atoms with Gasteiger partial charge in [-0.2, -0.15) is 9.82 Å². The molecule has 1 aromatic heterocycles. The fourth-order valence-electron chi connectivity index (χ4n) is 3.83. The molecule has 140 valence electrons. The third kappa shape index (κ3) is 3.49. The van der Waals surface area contributed by atoms with Crippen molar-refractivity contribution < 1.29 is 8.42 Å². The number of aryl methyl sites for hydroxylation is 1. The van der Waals surface area contributed by atoms with Crippen molar-refractivity contribution in [1.82, 2.24) is 19.4 Å². The van der Waals surface area contributed by atoms with Crippen molar-refractivity contribution in [2.24, 2.45) is 5.92 Å². The molecule has 1 fully saturated rings. The van der Waals surface area contributed by atoms with E-state index in [1.54, 1.807) is 12.1 Å². The number of sulfonamides is 1. The summed E-state index contributed by atoms with van der Waals surface area (Å²) in [6.45, 7) is 5.79.